The molecule has 1 aliphatic heterocycles. The van der Waals surface area contributed by atoms with E-state index in [1.807, 2.05) is 20.8 Å². The topological polar surface area (TPSA) is 55.8 Å². The van der Waals surface area contributed by atoms with E-state index in [4.69, 9.17) is 9.47 Å². The van der Waals surface area contributed by atoms with Crippen molar-refractivity contribution in [3.63, 3.8) is 0 Å². The van der Waals surface area contributed by atoms with Gasteiger partial charge in [-0.3, -0.25) is 4.90 Å². The van der Waals surface area contributed by atoms with Gasteiger partial charge in [-0.05, 0) is 40.0 Å². The van der Waals surface area contributed by atoms with E-state index in [1.54, 1.807) is 0 Å². The quantitative estimate of drug-likeness (QED) is 0.556. The standard InChI is InChI=1S/C16H29NO4/c1-5-6-7-8-12-20-14(18)13-10-9-11-17(13)15(19)21-16(2,3)4/h13H,5-12H2,1-4H3. The average molecular weight is 299 g/mol. The summed E-state index contributed by atoms with van der Waals surface area (Å²) in [6, 6.07) is -0.481. The Kier molecular flexibility index (Phi) is 6.99. The first-order chi connectivity index (χ1) is 9.85. The largest absolute Gasteiger partial charge is 0.464 e. The Morgan fingerprint density at radius 3 is 2.52 bits per heavy atom. The first-order valence-corrected chi connectivity index (χ1v) is 8.01. The number of carbonyl (C=O) groups is 2. The summed E-state index contributed by atoms with van der Waals surface area (Å²) in [5.74, 6) is -0.296. The number of amides is 1. The van der Waals surface area contributed by atoms with Gasteiger partial charge >= 0.3 is 12.1 Å². The lowest BCUT2D eigenvalue weighted by molar-refractivity contribution is -0.148. The lowest BCUT2D eigenvalue weighted by Gasteiger charge is -2.27. The Balaban J connectivity index is 2.41. The van der Waals surface area contributed by atoms with Crippen molar-refractivity contribution < 1.29 is 19.1 Å². The Hall–Kier alpha value is -1.26. The normalized spacial score (nSPS) is 18.7. The summed E-state index contributed by atoms with van der Waals surface area (Å²) >= 11 is 0. The second-order valence-corrected chi connectivity index (χ2v) is 6.56. The summed E-state index contributed by atoms with van der Waals surface area (Å²) < 4.78 is 10.6. The average Bonchev–Trinajstić information content (AvgIpc) is 2.85. The summed E-state index contributed by atoms with van der Waals surface area (Å²) in [5.41, 5.74) is -0.547. The second-order valence-electron chi connectivity index (χ2n) is 6.56. The van der Waals surface area contributed by atoms with Crippen LogP contribution in [0.1, 0.15) is 66.2 Å². The number of likely N-dealkylation sites (tertiary alicyclic amines) is 1. The Labute approximate surface area is 128 Å². The van der Waals surface area contributed by atoms with Gasteiger partial charge < -0.3 is 9.47 Å². The van der Waals surface area contributed by atoms with Crippen molar-refractivity contribution in [2.75, 3.05) is 13.2 Å². The number of hydrogen-bond donors (Lipinski definition) is 0. The Morgan fingerprint density at radius 2 is 1.90 bits per heavy atom. The van der Waals surface area contributed by atoms with E-state index in [1.165, 1.54) is 4.90 Å². The third kappa shape index (κ3) is 6.36. The van der Waals surface area contributed by atoms with E-state index in [-0.39, 0.29) is 5.97 Å². The van der Waals surface area contributed by atoms with Crippen LogP contribution in [0.25, 0.3) is 0 Å². The fraction of sp³-hybridized carbons (Fsp3) is 0.875. The summed E-state index contributed by atoms with van der Waals surface area (Å²) in [7, 11) is 0. The van der Waals surface area contributed by atoms with Crippen LogP contribution in [0.4, 0.5) is 4.79 Å². The fourth-order valence-corrected chi connectivity index (χ4v) is 2.35. The molecule has 0 spiro atoms. The molecule has 1 amide bonds. The third-order valence-corrected chi connectivity index (χ3v) is 3.40. The van der Waals surface area contributed by atoms with Crippen molar-refractivity contribution in [1.29, 1.82) is 0 Å². The maximum atomic E-state index is 12.1. The van der Waals surface area contributed by atoms with Gasteiger partial charge in [0, 0.05) is 6.54 Å². The third-order valence-electron chi connectivity index (χ3n) is 3.40. The molecule has 0 aromatic carbocycles. The zero-order chi connectivity index (χ0) is 15.9. The van der Waals surface area contributed by atoms with Crippen molar-refractivity contribution in [2.45, 2.75) is 77.9 Å². The number of rotatable bonds is 6. The fourth-order valence-electron chi connectivity index (χ4n) is 2.35. The van der Waals surface area contributed by atoms with Crippen LogP contribution in [0, 0.1) is 0 Å². The minimum atomic E-state index is -0.547. The summed E-state index contributed by atoms with van der Waals surface area (Å²) in [5, 5.41) is 0. The van der Waals surface area contributed by atoms with Gasteiger partial charge in [0.25, 0.3) is 0 Å². The molecule has 0 aromatic rings. The highest BCUT2D eigenvalue weighted by Crippen LogP contribution is 2.21. The number of unbranched alkanes of at least 4 members (excludes halogenated alkanes) is 3. The highest BCUT2D eigenvalue weighted by atomic mass is 16.6. The molecule has 122 valence electrons. The molecule has 1 rings (SSSR count). The smallest absolute Gasteiger partial charge is 0.411 e. The van der Waals surface area contributed by atoms with Crippen molar-refractivity contribution in [3.05, 3.63) is 0 Å². The first kappa shape index (κ1) is 17.8. The molecule has 0 N–H and O–H groups in total. The van der Waals surface area contributed by atoms with Gasteiger partial charge in [0.1, 0.15) is 11.6 Å². The molecule has 0 aromatic heterocycles. The maximum absolute atomic E-state index is 12.1. The van der Waals surface area contributed by atoms with E-state index in [9.17, 15) is 9.59 Å². The molecule has 1 unspecified atom stereocenters. The molecule has 0 bridgehead atoms. The van der Waals surface area contributed by atoms with E-state index < -0.39 is 17.7 Å². The lowest BCUT2D eigenvalue weighted by atomic mass is 10.2. The predicted molar refractivity (Wildman–Crippen MR) is 81.1 cm³/mol. The van der Waals surface area contributed by atoms with Crippen LogP contribution in [0.5, 0.6) is 0 Å². The van der Waals surface area contributed by atoms with E-state index in [2.05, 4.69) is 6.92 Å². The minimum Gasteiger partial charge on any atom is -0.464 e. The predicted octanol–water partition coefficient (Wildman–Crippen LogP) is 3.51. The van der Waals surface area contributed by atoms with Crippen LogP contribution in [-0.2, 0) is 14.3 Å². The van der Waals surface area contributed by atoms with Gasteiger partial charge in [0.15, 0.2) is 0 Å². The number of ether oxygens (including phenoxy) is 2. The van der Waals surface area contributed by atoms with Crippen LogP contribution >= 0.6 is 0 Å². The summed E-state index contributed by atoms with van der Waals surface area (Å²) in [4.78, 5) is 25.7. The highest BCUT2D eigenvalue weighted by Gasteiger charge is 2.37. The molecule has 1 heterocycles. The molecule has 1 saturated heterocycles. The molecule has 0 saturated carbocycles. The zero-order valence-electron chi connectivity index (χ0n) is 13.8. The minimum absolute atomic E-state index is 0.296. The molecule has 1 atom stereocenters. The van der Waals surface area contributed by atoms with Crippen LogP contribution in [-0.4, -0.2) is 41.8 Å². The Bertz CT molecular complexity index is 349. The molecule has 21 heavy (non-hydrogen) atoms. The molecule has 1 aliphatic rings. The van der Waals surface area contributed by atoms with Crippen molar-refractivity contribution >= 4 is 12.1 Å². The molecule has 0 aliphatic carbocycles. The number of carbonyl (C=O) groups excluding carboxylic acids is 2. The SMILES string of the molecule is CCCCCCOC(=O)C1CCCN1C(=O)OC(C)(C)C. The maximum Gasteiger partial charge on any atom is 0.411 e. The zero-order valence-corrected chi connectivity index (χ0v) is 13.8. The van der Waals surface area contributed by atoms with Crippen molar-refractivity contribution in [3.8, 4) is 0 Å². The van der Waals surface area contributed by atoms with E-state index >= 15 is 0 Å². The molecule has 0 radical (unpaired) electrons. The van der Waals surface area contributed by atoms with Crippen LogP contribution in [0.3, 0.4) is 0 Å². The van der Waals surface area contributed by atoms with Gasteiger partial charge in [-0.25, -0.2) is 9.59 Å². The van der Waals surface area contributed by atoms with Crippen molar-refractivity contribution in [1.82, 2.24) is 4.90 Å². The van der Waals surface area contributed by atoms with Gasteiger partial charge in [-0.2, -0.15) is 0 Å². The van der Waals surface area contributed by atoms with Gasteiger partial charge in [0.2, 0.25) is 0 Å². The molecular formula is C16H29NO4. The number of nitrogens with zero attached hydrogens (tertiary/aromatic N) is 1. The molecule has 5 heteroatoms. The highest BCUT2D eigenvalue weighted by molar-refractivity contribution is 5.82. The number of hydrogen-bond acceptors (Lipinski definition) is 4. The molecule has 1 fully saturated rings. The van der Waals surface area contributed by atoms with Gasteiger partial charge in [-0.1, -0.05) is 26.2 Å². The summed E-state index contributed by atoms with van der Waals surface area (Å²) in [6.07, 6.45) is 5.33. The van der Waals surface area contributed by atoms with Gasteiger partial charge in [0.05, 0.1) is 6.61 Å². The monoisotopic (exact) mass is 299 g/mol. The van der Waals surface area contributed by atoms with Crippen LogP contribution in [0.15, 0.2) is 0 Å². The van der Waals surface area contributed by atoms with Crippen LogP contribution in [0.2, 0.25) is 0 Å². The lowest BCUT2D eigenvalue weighted by Crippen LogP contribution is -2.44. The van der Waals surface area contributed by atoms with Crippen molar-refractivity contribution in [2.24, 2.45) is 0 Å². The first-order valence-electron chi connectivity index (χ1n) is 8.01. The Morgan fingerprint density at radius 1 is 1.19 bits per heavy atom. The van der Waals surface area contributed by atoms with E-state index in [0.717, 1.165) is 32.1 Å². The number of esters is 1. The van der Waals surface area contributed by atoms with E-state index in [0.29, 0.717) is 19.6 Å². The molecule has 5 nitrogen and oxygen atoms in total. The summed E-state index contributed by atoms with van der Waals surface area (Å²) in [6.45, 7) is 8.61. The molecular weight excluding hydrogens is 270 g/mol. The van der Waals surface area contributed by atoms with Crippen LogP contribution < -0.4 is 0 Å². The van der Waals surface area contributed by atoms with Gasteiger partial charge in [-0.15, -0.1) is 0 Å². The second kappa shape index (κ2) is 8.25.